The summed E-state index contributed by atoms with van der Waals surface area (Å²) in [5, 5.41) is 2.02. The molecule has 1 N–H and O–H groups in total. The maximum absolute atomic E-state index is 6.04. The van der Waals surface area contributed by atoms with Crippen LogP contribution in [-0.4, -0.2) is 22.3 Å². The molecule has 0 amide bonds. The average molecular weight is 339 g/mol. The highest BCUT2D eigenvalue weighted by molar-refractivity contribution is 7.99. The van der Waals surface area contributed by atoms with Gasteiger partial charge in [0.2, 0.25) is 0 Å². The molecule has 108 valence electrons. The number of halogens is 2. The van der Waals surface area contributed by atoms with Crippen molar-refractivity contribution in [1.82, 2.24) is 9.97 Å². The van der Waals surface area contributed by atoms with Crippen LogP contribution in [-0.2, 0) is 0 Å². The second-order valence-corrected chi connectivity index (χ2v) is 6.26. The van der Waals surface area contributed by atoms with E-state index in [2.05, 4.69) is 9.97 Å². The molecule has 0 aliphatic carbocycles. The molecule has 0 radical (unpaired) electrons. The minimum atomic E-state index is 0.524. The third-order valence-electron chi connectivity index (χ3n) is 2.84. The lowest BCUT2D eigenvalue weighted by Gasteiger charge is -2.07. The Labute approximate surface area is 136 Å². The van der Waals surface area contributed by atoms with Crippen molar-refractivity contribution in [3.63, 3.8) is 0 Å². The van der Waals surface area contributed by atoms with E-state index in [0.29, 0.717) is 22.4 Å². The maximum atomic E-state index is 6.04. The van der Waals surface area contributed by atoms with E-state index < -0.39 is 0 Å². The van der Waals surface area contributed by atoms with E-state index in [1.54, 1.807) is 30.0 Å². The Hall–Kier alpha value is -1.36. The van der Waals surface area contributed by atoms with Crippen molar-refractivity contribution in [2.75, 3.05) is 12.4 Å². The second-order valence-electron chi connectivity index (χ2n) is 4.33. The SMILES string of the molecule is Clc1ccc(OCCSc2nc3ccccc3[nH]2)c(Cl)c1. The smallest absolute Gasteiger partial charge is 0.166 e. The molecule has 0 unspecified atom stereocenters. The number of nitrogens with zero attached hydrogens (tertiary/aromatic N) is 1. The number of hydrogen-bond donors (Lipinski definition) is 1. The van der Waals surface area contributed by atoms with E-state index >= 15 is 0 Å². The van der Waals surface area contributed by atoms with Crippen LogP contribution in [0.1, 0.15) is 0 Å². The minimum Gasteiger partial charge on any atom is -0.491 e. The number of aromatic amines is 1. The lowest BCUT2D eigenvalue weighted by atomic mass is 10.3. The van der Waals surface area contributed by atoms with E-state index in [1.165, 1.54) is 0 Å². The first kappa shape index (κ1) is 14.6. The number of fused-ring (bicyclic) bond motifs is 1. The molecule has 1 aromatic heterocycles. The lowest BCUT2D eigenvalue weighted by Crippen LogP contribution is -2.00. The number of para-hydroxylation sites is 2. The molecular weight excluding hydrogens is 327 g/mol. The van der Waals surface area contributed by atoms with Gasteiger partial charge in [0.05, 0.1) is 22.7 Å². The number of nitrogens with one attached hydrogen (secondary N) is 1. The van der Waals surface area contributed by atoms with E-state index in [0.717, 1.165) is 21.9 Å². The predicted octanol–water partition coefficient (Wildman–Crippen LogP) is 5.04. The van der Waals surface area contributed by atoms with Gasteiger partial charge in [-0.15, -0.1) is 0 Å². The molecule has 0 fully saturated rings. The van der Waals surface area contributed by atoms with Gasteiger partial charge in [-0.05, 0) is 30.3 Å². The van der Waals surface area contributed by atoms with Gasteiger partial charge in [-0.1, -0.05) is 47.1 Å². The lowest BCUT2D eigenvalue weighted by molar-refractivity contribution is 0.344. The first-order chi connectivity index (χ1) is 10.2. The third kappa shape index (κ3) is 3.64. The molecule has 0 atom stereocenters. The number of ether oxygens (including phenoxy) is 1. The number of thioether (sulfide) groups is 1. The van der Waals surface area contributed by atoms with E-state index in [9.17, 15) is 0 Å². The average Bonchev–Trinajstić information content (AvgIpc) is 2.88. The summed E-state index contributed by atoms with van der Waals surface area (Å²) in [4.78, 5) is 7.76. The summed E-state index contributed by atoms with van der Waals surface area (Å²) < 4.78 is 5.63. The van der Waals surface area contributed by atoms with Crippen LogP contribution in [0.25, 0.3) is 11.0 Å². The fourth-order valence-corrected chi connectivity index (χ4v) is 3.05. The Bertz CT molecular complexity index is 727. The van der Waals surface area contributed by atoms with Gasteiger partial charge < -0.3 is 9.72 Å². The van der Waals surface area contributed by atoms with Crippen LogP contribution >= 0.6 is 35.0 Å². The number of imidazole rings is 1. The summed E-state index contributed by atoms with van der Waals surface area (Å²) in [5.41, 5.74) is 2.02. The molecule has 2 aromatic carbocycles. The van der Waals surface area contributed by atoms with Crippen LogP contribution < -0.4 is 4.74 Å². The molecule has 0 saturated heterocycles. The molecule has 3 rings (SSSR count). The van der Waals surface area contributed by atoms with Crippen molar-refractivity contribution >= 4 is 46.0 Å². The summed E-state index contributed by atoms with van der Waals surface area (Å²) >= 11 is 13.5. The Balaban J connectivity index is 1.54. The monoisotopic (exact) mass is 338 g/mol. The molecule has 0 bridgehead atoms. The minimum absolute atomic E-state index is 0.524. The number of benzene rings is 2. The molecule has 0 aliphatic rings. The highest BCUT2D eigenvalue weighted by Crippen LogP contribution is 2.28. The van der Waals surface area contributed by atoms with Crippen LogP contribution in [0.4, 0.5) is 0 Å². The summed E-state index contributed by atoms with van der Waals surface area (Å²) in [6, 6.07) is 13.2. The molecular formula is C15H12Cl2N2OS. The summed E-state index contributed by atoms with van der Waals surface area (Å²) in [6.07, 6.45) is 0. The third-order valence-corrected chi connectivity index (χ3v) is 4.21. The van der Waals surface area contributed by atoms with Crippen LogP contribution in [0.2, 0.25) is 10.0 Å². The van der Waals surface area contributed by atoms with Crippen molar-refractivity contribution in [2.45, 2.75) is 5.16 Å². The Morgan fingerprint density at radius 2 is 2.00 bits per heavy atom. The second kappa shape index (κ2) is 6.60. The number of aromatic nitrogens is 2. The summed E-state index contributed by atoms with van der Waals surface area (Å²) in [5.74, 6) is 1.42. The summed E-state index contributed by atoms with van der Waals surface area (Å²) in [7, 11) is 0. The van der Waals surface area contributed by atoms with Gasteiger partial charge in [-0.3, -0.25) is 0 Å². The van der Waals surface area contributed by atoms with E-state index in [4.69, 9.17) is 27.9 Å². The highest BCUT2D eigenvalue weighted by atomic mass is 35.5. The molecule has 1 heterocycles. The van der Waals surface area contributed by atoms with Crippen molar-refractivity contribution in [3.8, 4) is 5.75 Å². The van der Waals surface area contributed by atoms with Gasteiger partial charge in [-0.2, -0.15) is 0 Å². The quantitative estimate of drug-likeness (QED) is 0.523. The highest BCUT2D eigenvalue weighted by Gasteiger charge is 2.04. The van der Waals surface area contributed by atoms with Crippen LogP contribution in [0, 0.1) is 0 Å². The fourth-order valence-electron chi connectivity index (χ4n) is 1.88. The van der Waals surface area contributed by atoms with E-state index in [1.807, 2.05) is 24.3 Å². The molecule has 0 spiro atoms. The normalized spacial score (nSPS) is 11.0. The largest absolute Gasteiger partial charge is 0.491 e. The van der Waals surface area contributed by atoms with E-state index in [-0.39, 0.29) is 0 Å². The van der Waals surface area contributed by atoms with Crippen molar-refractivity contribution in [2.24, 2.45) is 0 Å². The number of rotatable bonds is 5. The first-order valence-electron chi connectivity index (χ1n) is 6.38. The van der Waals surface area contributed by atoms with Gasteiger partial charge in [0.15, 0.2) is 5.16 Å². The molecule has 0 saturated carbocycles. The molecule has 3 aromatic rings. The standard InChI is InChI=1S/C15H12Cl2N2OS/c16-10-5-6-14(11(17)9-10)20-7-8-21-15-18-12-3-1-2-4-13(12)19-15/h1-6,9H,7-8H2,(H,18,19). The van der Waals surface area contributed by atoms with Crippen LogP contribution in [0.5, 0.6) is 5.75 Å². The Kier molecular flexibility index (Phi) is 4.58. The number of H-pyrrole nitrogens is 1. The first-order valence-corrected chi connectivity index (χ1v) is 8.12. The summed E-state index contributed by atoms with van der Waals surface area (Å²) in [6.45, 7) is 0.545. The Morgan fingerprint density at radius 1 is 1.14 bits per heavy atom. The van der Waals surface area contributed by atoms with Gasteiger partial charge >= 0.3 is 0 Å². The molecule has 6 heteroatoms. The molecule has 3 nitrogen and oxygen atoms in total. The number of hydrogen-bond acceptors (Lipinski definition) is 3. The zero-order chi connectivity index (χ0) is 14.7. The van der Waals surface area contributed by atoms with Crippen molar-refractivity contribution in [1.29, 1.82) is 0 Å². The zero-order valence-electron chi connectivity index (χ0n) is 11.0. The van der Waals surface area contributed by atoms with Crippen molar-refractivity contribution < 1.29 is 4.74 Å². The Morgan fingerprint density at radius 3 is 2.81 bits per heavy atom. The predicted molar refractivity (Wildman–Crippen MR) is 88.8 cm³/mol. The maximum Gasteiger partial charge on any atom is 0.166 e. The topological polar surface area (TPSA) is 37.9 Å². The fraction of sp³-hybridized carbons (Fsp3) is 0.133. The molecule has 21 heavy (non-hydrogen) atoms. The van der Waals surface area contributed by atoms with Crippen LogP contribution in [0.3, 0.4) is 0 Å². The van der Waals surface area contributed by atoms with Gasteiger partial charge in [0.25, 0.3) is 0 Å². The van der Waals surface area contributed by atoms with Gasteiger partial charge in [0.1, 0.15) is 5.75 Å². The zero-order valence-corrected chi connectivity index (χ0v) is 13.3. The van der Waals surface area contributed by atoms with Crippen molar-refractivity contribution in [3.05, 3.63) is 52.5 Å². The van der Waals surface area contributed by atoms with Crippen LogP contribution in [0.15, 0.2) is 47.6 Å². The van der Waals surface area contributed by atoms with Gasteiger partial charge in [-0.25, -0.2) is 4.98 Å². The molecule has 0 aliphatic heterocycles. The van der Waals surface area contributed by atoms with Gasteiger partial charge in [0, 0.05) is 10.8 Å².